The smallest absolute Gasteiger partial charge is 0.0427 e. The van der Waals surface area contributed by atoms with Gasteiger partial charge in [0.25, 0.3) is 0 Å². The maximum atomic E-state index is 6.52. The zero-order chi connectivity index (χ0) is 15.0. The fraction of sp³-hybridized carbons (Fsp3) is 0.667. The molecular weight excluding hydrogens is 258 g/mol. The number of rotatable bonds is 3. The van der Waals surface area contributed by atoms with E-state index in [1.165, 1.54) is 49.2 Å². The van der Waals surface area contributed by atoms with Crippen molar-refractivity contribution in [2.75, 3.05) is 26.2 Å². The predicted molar refractivity (Wildman–Crippen MR) is 88.5 cm³/mol. The Hall–Kier alpha value is -0.900. The van der Waals surface area contributed by atoms with E-state index in [0.717, 1.165) is 12.6 Å². The molecule has 0 bridgehead atoms. The van der Waals surface area contributed by atoms with Crippen LogP contribution in [-0.4, -0.2) is 48.1 Å². The van der Waals surface area contributed by atoms with Gasteiger partial charge in [-0.1, -0.05) is 23.8 Å². The van der Waals surface area contributed by atoms with Crippen molar-refractivity contribution in [3.8, 4) is 0 Å². The summed E-state index contributed by atoms with van der Waals surface area (Å²) < 4.78 is 0. The summed E-state index contributed by atoms with van der Waals surface area (Å²) in [5.74, 6) is 0. The average Bonchev–Trinajstić information content (AvgIpc) is 2.86. The van der Waals surface area contributed by atoms with Crippen LogP contribution in [0.3, 0.4) is 0 Å². The molecule has 0 spiro atoms. The lowest BCUT2D eigenvalue weighted by molar-refractivity contribution is 0.0553. The molecule has 1 aromatic carbocycles. The predicted octanol–water partition coefficient (Wildman–Crippen LogP) is 2.47. The highest BCUT2D eigenvalue weighted by Crippen LogP contribution is 2.26. The van der Waals surface area contributed by atoms with Crippen LogP contribution in [0.4, 0.5) is 0 Å². The van der Waals surface area contributed by atoms with Crippen LogP contribution in [0, 0.1) is 13.8 Å². The number of benzene rings is 1. The van der Waals surface area contributed by atoms with Gasteiger partial charge in [0.15, 0.2) is 0 Å². The number of fused-ring (bicyclic) bond motifs is 1. The first-order valence-corrected chi connectivity index (χ1v) is 8.35. The molecule has 0 amide bonds. The van der Waals surface area contributed by atoms with Gasteiger partial charge in [0.1, 0.15) is 0 Å². The molecule has 3 heteroatoms. The fourth-order valence-corrected chi connectivity index (χ4v) is 4.09. The number of hydrogen-bond acceptors (Lipinski definition) is 3. The average molecular weight is 287 g/mol. The van der Waals surface area contributed by atoms with Gasteiger partial charge < -0.3 is 5.73 Å². The van der Waals surface area contributed by atoms with Crippen LogP contribution in [0.2, 0.25) is 0 Å². The Balaban J connectivity index is 1.67. The maximum Gasteiger partial charge on any atom is 0.0427 e. The molecule has 0 radical (unpaired) electrons. The first-order chi connectivity index (χ1) is 10.0. The van der Waals surface area contributed by atoms with Crippen molar-refractivity contribution < 1.29 is 0 Å². The molecule has 3 nitrogen and oxygen atoms in total. The van der Waals surface area contributed by atoms with E-state index >= 15 is 0 Å². The third-order valence-corrected chi connectivity index (χ3v) is 5.32. The van der Waals surface area contributed by atoms with Gasteiger partial charge in [-0.15, -0.1) is 0 Å². The van der Waals surface area contributed by atoms with Crippen LogP contribution in [0.5, 0.6) is 0 Å². The summed E-state index contributed by atoms with van der Waals surface area (Å²) in [7, 11) is 0. The van der Waals surface area contributed by atoms with E-state index in [1.807, 2.05) is 0 Å². The number of aryl methyl sites for hydroxylation is 2. The van der Waals surface area contributed by atoms with Crippen molar-refractivity contribution in [3.63, 3.8) is 0 Å². The molecule has 2 heterocycles. The van der Waals surface area contributed by atoms with Crippen molar-refractivity contribution >= 4 is 0 Å². The fourth-order valence-electron chi connectivity index (χ4n) is 4.09. The van der Waals surface area contributed by atoms with Gasteiger partial charge >= 0.3 is 0 Å². The van der Waals surface area contributed by atoms with Gasteiger partial charge in [0.05, 0.1) is 0 Å². The van der Waals surface area contributed by atoms with Crippen LogP contribution >= 0.6 is 0 Å². The number of nitrogens with zero attached hydrogens (tertiary/aromatic N) is 2. The Bertz CT molecular complexity index is 499. The Morgan fingerprint density at radius 2 is 2.10 bits per heavy atom. The van der Waals surface area contributed by atoms with E-state index in [9.17, 15) is 0 Å². The summed E-state index contributed by atoms with van der Waals surface area (Å²) in [6.45, 7) is 11.4. The van der Waals surface area contributed by atoms with Crippen LogP contribution in [0.25, 0.3) is 0 Å². The lowest BCUT2D eigenvalue weighted by Crippen LogP contribution is -2.56. The Morgan fingerprint density at radius 3 is 2.86 bits per heavy atom. The highest BCUT2D eigenvalue weighted by Gasteiger charge is 2.34. The third-order valence-electron chi connectivity index (χ3n) is 5.32. The van der Waals surface area contributed by atoms with Gasteiger partial charge in [-0.05, 0) is 51.3 Å². The lowest BCUT2D eigenvalue weighted by atomic mass is 9.98. The minimum atomic E-state index is 0.126. The molecule has 0 aliphatic carbocycles. The molecule has 21 heavy (non-hydrogen) atoms. The molecule has 2 N–H and O–H groups in total. The van der Waals surface area contributed by atoms with E-state index in [2.05, 4.69) is 48.8 Å². The van der Waals surface area contributed by atoms with Gasteiger partial charge in [-0.3, -0.25) is 9.80 Å². The summed E-state index contributed by atoms with van der Waals surface area (Å²) in [6, 6.07) is 8.16. The zero-order valence-corrected chi connectivity index (χ0v) is 13.7. The molecule has 0 aromatic heterocycles. The zero-order valence-electron chi connectivity index (χ0n) is 13.7. The molecule has 2 saturated heterocycles. The standard InChI is InChI=1S/C18H29N3/c1-13-6-7-17(14(2)9-13)18(19)12-21-11-16-5-4-8-20(16)10-15(21)3/h6-7,9,15-16,18H,4-5,8,10-12,19H2,1-3H3. The van der Waals surface area contributed by atoms with Crippen molar-refractivity contribution in [2.24, 2.45) is 5.73 Å². The number of nitrogens with two attached hydrogens (primary N) is 1. The quantitative estimate of drug-likeness (QED) is 0.927. The molecule has 2 fully saturated rings. The second-order valence-corrected chi connectivity index (χ2v) is 7.06. The van der Waals surface area contributed by atoms with E-state index in [4.69, 9.17) is 5.73 Å². The molecule has 2 aliphatic rings. The topological polar surface area (TPSA) is 32.5 Å². The van der Waals surface area contributed by atoms with Gasteiger partial charge in [0, 0.05) is 37.8 Å². The van der Waals surface area contributed by atoms with Crippen LogP contribution < -0.4 is 5.73 Å². The van der Waals surface area contributed by atoms with E-state index in [1.54, 1.807) is 0 Å². The molecule has 3 rings (SSSR count). The van der Waals surface area contributed by atoms with Crippen LogP contribution in [0.1, 0.15) is 42.5 Å². The minimum absolute atomic E-state index is 0.126. The van der Waals surface area contributed by atoms with E-state index < -0.39 is 0 Å². The third kappa shape index (κ3) is 3.15. The second kappa shape index (κ2) is 6.07. The lowest BCUT2D eigenvalue weighted by Gasteiger charge is -2.43. The van der Waals surface area contributed by atoms with E-state index in [0.29, 0.717) is 6.04 Å². The summed E-state index contributed by atoms with van der Waals surface area (Å²) in [5.41, 5.74) is 10.5. The minimum Gasteiger partial charge on any atom is -0.323 e. The Morgan fingerprint density at radius 1 is 1.29 bits per heavy atom. The molecule has 3 unspecified atom stereocenters. The SMILES string of the molecule is Cc1ccc(C(N)CN2CC3CCCN3CC2C)c(C)c1. The first-order valence-electron chi connectivity index (χ1n) is 8.35. The summed E-state index contributed by atoms with van der Waals surface area (Å²) in [4.78, 5) is 5.28. The van der Waals surface area contributed by atoms with Crippen molar-refractivity contribution in [1.82, 2.24) is 9.80 Å². The maximum absolute atomic E-state index is 6.52. The van der Waals surface area contributed by atoms with Crippen molar-refractivity contribution in [1.29, 1.82) is 0 Å². The summed E-state index contributed by atoms with van der Waals surface area (Å²) in [6.07, 6.45) is 2.73. The van der Waals surface area contributed by atoms with Crippen LogP contribution in [-0.2, 0) is 0 Å². The molecule has 2 aliphatic heterocycles. The highest BCUT2D eigenvalue weighted by molar-refractivity contribution is 5.32. The van der Waals surface area contributed by atoms with Crippen LogP contribution in [0.15, 0.2) is 18.2 Å². The Kier molecular flexibility index (Phi) is 4.34. The van der Waals surface area contributed by atoms with Gasteiger partial charge in [0.2, 0.25) is 0 Å². The summed E-state index contributed by atoms with van der Waals surface area (Å²) in [5, 5.41) is 0. The first kappa shape index (κ1) is 15.0. The normalized spacial score (nSPS) is 28.6. The van der Waals surface area contributed by atoms with Gasteiger partial charge in [-0.2, -0.15) is 0 Å². The summed E-state index contributed by atoms with van der Waals surface area (Å²) >= 11 is 0. The molecule has 1 aromatic rings. The Labute approximate surface area is 129 Å². The largest absolute Gasteiger partial charge is 0.323 e. The number of piperazine rings is 1. The number of hydrogen-bond donors (Lipinski definition) is 1. The highest BCUT2D eigenvalue weighted by atomic mass is 15.3. The molecule has 116 valence electrons. The van der Waals surface area contributed by atoms with Gasteiger partial charge in [-0.25, -0.2) is 0 Å². The second-order valence-electron chi connectivity index (χ2n) is 7.06. The molecule has 3 atom stereocenters. The van der Waals surface area contributed by atoms with Crippen molar-refractivity contribution in [3.05, 3.63) is 34.9 Å². The monoisotopic (exact) mass is 287 g/mol. The van der Waals surface area contributed by atoms with E-state index in [-0.39, 0.29) is 6.04 Å². The molecular formula is C18H29N3. The molecule has 0 saturated carbocycles. The van der Waals surface area contributed by atoms with Crippen molar-refractivity contribution in [2.45, 2.75) is 51.7 Å².